The molecule has 2 aliphatic heterocycles. The van der Waals surface area contributed by atoms with Gasteiger partial charge in [-0.15, -0.1) is 0 Å². The van der Waals surface area contributed by atoms with Gasteiger partial charge in [-0.2, -0.15) is 0 Å². The maximum absolute atomic E-state index is 13.3. The normalized spacial score (nSPS) is 32.5. The number of hydrogen-bond donors (Lipinski definition) is 1. The van der Waals surface area contributed by atoms with Gasteiger partial charge in [0.05, 0.1) is 24.5 Å². The molecule has 6 nitrogen and oxygen atoms in total. The second-order valence-electron chi connectivity index (χ2n) is 12.2. The second-order valence-corrected chi connectivity index (χ2v) is 13.8. The number of carbonyl (C=O) groups is 1. The largest absolute Gasteiger partial charge is 0.490 e. The van der Waals surface area contributed by atoms with E-state index >= 15 is 0 Å². The third-order valence-electron chi connectivity index (χ3n) is 9.78. The van der Waals surface area contributed by atoms with Crippen molar-refractivity contribution in [3.05, 3.63) is 70.3 Å². The van der Waals surface area contributed by atoms with Crippen LogP contribution in [0, 0.1) is 11.8 Å². The number of ether oxygens (including phenoxy) is 3. The van der Waals surface area contributed by atoms with Crippen LogP contribution < -0.4 is 14.4 Å². The molecule has 0 unspecified atom stereocenters. The van der Waals surface area contributed by atoms with Crippen molar-refractivity contribution in [1.29, 1.82) is 0 Å². The number of anilines is 1. The van der Waals surface area contributed by atoms with Crippen LogP contribution in [0.25, 0.3) is 0 Å². The number of carbonyl (C=O) groups excluding carboxylic acids is 1. The molecule has 0 saturated heterocycles. The van der Waals surface area contributed by atoms with E-state index in [1.807, 2.05) is 31.4 Å². The zero-order chi connectivity index (χ0) is 28.6. The van der Waals surface area contributed by atoms with Crippen molar-refractivity contribution in [2.45, 2.75) is 68.3 Å². The zero-order valence-electron chi connectivity index (χ0n) is 24.2. The summed E-state index contributed by atoms with van der Waals surface area (Å²) >= 11 is 7.84. The van der Waals surface area contributed by atoms with E-state index in [1.54, 1.807) is 7.11 Å². The first kappa shape index (κ1) is 28.9. The van der Waals surface area contributed by atoms with Crippen molar-refractivity contribution >= 4 is 35.1 Å². The predicted molar refractivity (Wildman–Crippen MR) is 166 cm³/mol. The summed E-state index contributed by atoms with van der Waals surface area (Å²) in [6.07, 6.45) is 10.8. The Morgan fingerprint density at radius 2 is 2.02 bits per heavy atom. The Bertz CT molecular complexity index is 1300. The number of halogens is 1. The molecule has 1 saturated carbocycles. The zero-order valence-corrected chi connectivity index (χ0v) is 25.8. The fourth-order valence-corrected chi connectivity index (χ4v) is 8.28. The van der Waals surface area contributed by atoms with Gasteiger partial charge < -0.3 is 19.1 Å². The van der Waals surface area contributed by atoms with Gasteiger partial charge in [0.2, 0.25) is 0 Å². The van der Waals surface area contributed by atoms with Crippen molar-refractivity contribution in [3.63, 3.8) is 0 Å². The molecule has 1 amide bonds. The summed E-state index contributed by atoms with van der Waals surface area (Å²) in [5, 5.41) is 0.874. The number of nitrogens with zero attached hydrogens (tertiary/aromatic N) is 1. The highest BCUT2D eigenvalue weighted by Gasteiger charge is 2.44. The van der Waals surface area contributed by atoms with E-state index in [1.165, 1.54) is 29.5 Å². The Hall–Kier alpha value is -2.19. The molecule has 1 fully saturated rings. The summed E-state index contributed by atoms with van der Waals surface area (Å²) in [7, 11) is 3.56. The van der Waals surface area contributed by atoms with Gasteiger partial charge in [-0.3, -0.25) is 9.52 Å². The molecule has 4 aliphatic rings. The van der Waals surface area contributed by atoms with E-state index in [-0.39, 0.29) is 28.8 Å². The van der Waals surface area contributed by atoms with Crippen LogP contribution in [0.4, 0.5) is 5.69 Å². The molecule has 6 rings (SSSR count). The topological polar surface area (TPSA) is 60.0 Å². The molecule has 2 aliphatic carbocycles. The first-order valence-corrected chi connectivity index (χ1v) is 16.2. The van der Waals surface area contributed by atoms with Gasteiger partial charge in [-0.25, -0.2) is 0 Å². The van der Waals surface area contributed by atoms with Gasteiger partial charge in [0.25, 0.3) is 5.91 Å². The summed E-state index contributed by atoms with van der Waals surface area (Å²) in [5.41, 5.74) is 4.20. The minimum Gasteiger partial charge on any atom is -0.490 e. The van der Waals surface area contributed by atoms with E-state index < -0.39 is 0 Å². The van der Waals surface area contributed by atoms with E-state index in [9.17, 15) is 4.79 Å². The summed E-state index contributed by atoms with van der Waals surface area (Å²) in [6, 6.07) is 12.3. The monoisotopic (exact) mass is 596 g/mol. The molecule has 2 aromatic rings. The number of methoxy groups -OCH3 is 2. The standard InChI is InChI=1S/C33H41ClN2O4S/c1-21-29(38-2)7-4-8-30(39-3)26-12-9-24(26)18-36-19-33(15-5-6-22-16-25(34)11-13-27(22)33)20-40-31-14-10-23(17-28(31)36)32(37)35-41-21/h4,8,10-11,13-14,16-17,21,24,26,29-30H,5-7,9,12,15,18-20H2,1-3H3,(H,35,37)/b8-4-/t21-,24-,26+,29+,30-,33-/m0/s1. The van der Waals surface area contributed by atoms with Gasteiger partial charge in [0.1, 0.15) is 5.75 Å². The molecule has 8 heteroatoms. The van der Waals surface area contributed by atoms with Crippen molar-refractivity contribution < 1.29 is 19.0 Å². The second kappa shape index (κ2) is 12.2. The third-order valence-corrected chi connectivity index (χ3v) is 11.0. The highest BCUT2D eigenvalue weighted by Crippen LogP contribution is 2.47. The van der Waals surface area contributed by atoms with E-state index in [0.29, 0.717) is 24.0 Å². The number of amides is 1. The van der Waals surface area contributed by atoms with Crippen LogP contribution in [0.1, 0.15) is 60.5 Å². The quantitative estimate of drug-likeness (QED) is 0.312. The molecule has 220 valence electrons. The average molecular weight is 597 g/mol. The Morgan fingerprint density at radius 3 is 2.80 bits per heavy atom. The smallest absolute Gasteiger partial charge is 0.261 e. The van der Waals surface area contributed by atoms with Gasteiger partial charge in [-0.1, -0.05) is 29.8 Å². The summed E-state index contributed by atoms with van der Waals surface area (Å²) in [5.74, 6) is 1.68. The lowest BCUT2D eigenvalue weighted by molar-refractivity contribution is 0.0129. The fraction of sp³-hybridized carbons (Fsp3) is 0.545. The first-order valence-electron chi connectivity index (χ1n) is 14.9. The number of rotatable bonds is 2. The summed E-state index contributed by atoms with van der Waals surface area (Å²) in [4.78, 5) is 15.9. The lowest BCUT2D eigenvalue weighted by atomic mass is 9.68. The molecule has 2 bridgehead atoms. The van der Waals surface area contributed by atoms with Crippen molar-refractivity contribution in [2.24, 2.45) is 11.8 Å². The maximum atomic E-state index is 13.3. The molecular weight excluding hydrogens is 556 g/mol. The molecule has 0 aromatic heterocycles. The van der Waals surface area contributed by atoms with Crippen molar-refractivity contribution in [1.82, 2.24) is 4.72 Å². The van der Waals surface area contributed by atoms with Gasteiger partial charge in [0, 0.05) is 48.6 Å². The Labute approximate surface area is 253 Å². The highest BCUT2D eigenvalue weighted by atomic mass is 35.5. The molecule has 6 atom stereocenters. The molecule has 2 aromatic carbocycles. The van der Waals surface area contributed by atoms with Crippen LogP contribution in [0.2, 0.25) is 5.02 Å². The average Bonchev–Trinajstić information content (AvgIpc) is 3.11. The minimum absolute atomic E-state index is 0.0143. The van der Waals surface area contributed by atoms with Crippen LogP contribution >= 0.6 is 23.5 Å². The third kappa shape index (κ3) is 5.75. The van der Waals surface area contributed by atoms with Crippen LogP contribution in [-0.2, 0) is 21.3 Å². The summed E-state index contributed by atoms with van der Waals surface area (Å²) in [6.45, 7) is 4.45. The van der Waals surface area contributed by atoms with E-state index in [2.05, 4.69) is 40.8 Å². The molecular formula is C33H41ClN2O4S. The van der Waals surface area contributed by atoms with Gasteiger partial charge in [0.15, 0.2) is 0 Å². The SMILES string of the molecule is CO[C@H]1/C=C\C[C@@H](OC)[C@H](C)SNC(=O)c2ccc3c(c2)N(C[C@@H]2CC[C@H]21)C[C@@]1(CCCc2cc(Cl)ccc21)CO3. The lowest BCUT2D eigenvalue weighted by Gasteiger charge is -2.46. The van der Waals surface area contributed by atoms with E-state index in [4.69, 9.17) is 25.8 Å². The molecule has 41 heavy (non-hydrogen) atoms. The van der Waals surface area contributed by atoms with Crippen LogP contribution in [0.3, 0.4) is 0 Å². The van der Waals surface area contributed by atoms with Crippen LogP contribution in [-0.4, -0.2) is 57.3 Å². The maximum Gasteiger partial charge on any atom is 0.261 e. The van der Waals surface area contributed by atoms with Crippen molar-refractivity contribution in [3.8, 4) is 5.75 Å². The molecule has 1 spiro atoms. The predicted octanol–water partition coefficient (Wildman–Crippen LogP) is 6.60. The van der Waals surface area contributed by atoms with Crippen LogP contribution in [0.15, 0.2) is 48.6 Å². The number of fused-ring (bicyclic) bond motifs is 4. The molecule has 2 heterocycles. The highest BCUT2D eigenvalue weighted by molar-refractivity contribution is 7.98. The first-order chi connectivity index (χ1) is 19.9. The number of nitrogens with one attached hydrogen (secondary N) is 1. The van der Waals surface area contributed by atoms with E-state index in [0.717, 1.165) is 61.7 Å². The Kier molecular flexibility index (Phi) is 8.60. The van der Waals surface area contributed by atoms with Gasteiger partial charge >= 0.3 is 0 Å². The number of benzene rings is 2. The Morgan fingerprint density at radius 1 is 1.15 bits per heavy atom. The number of hydrogen-bond acceptors (Lipinski definition) is 6. The van der Waals surface area contributed by atoms with Gasteiger partial charge in [-0.05, 0) is 111 Å². The minimum atomic E-state index is -0.138. The van der Waals surface area contributed by atoms with Crippen LogP contribution in [0.5, 0.6) is 5.75 Å². The van der Waals surface area contributed by atoms with Crippen molar-refractivity contribution in [2.75, 3.05) is 38.8 Å². The number of aryl methyl sites for hydroxylation is 1. The Balaban J connectivity index is 1.39. The molecule has 0 radical (unpaired) electrons. The summed E-state index contributed by atoms with van der Waals surface area (Å²) < 4.78 is 21.5. The fourth-order valence-electron chi connectivity index (χ4n) is 7.30. The lowest BCUT2D eigenvalue weighted by Crippen LogP contribution is -2.49. The molecule has 1 N–H and O–H groups in total.